The van der Waals surface area contributed by atoms with Crippen LogP contribution in [0.2, 0.25) is 0 Å². The van der Waals surface area contributed by atoms with Crippen molar-refractivity contribution in [3.05, 3.63) is 99.6 Å². The van der Waals surface area contributed by atoms with Crippen LogP contribution in [0.25, 0.3) is 21.9 Å². The summed E-state index contributed by atoms with van der Waals surface area (Å²) in [6.45, 7) is -0.667. The molecule has 0 spiro atoms. The SMILES string of the molecule is CN(Cc1cc(C(F)(F)F)cc(C(F)(F)F)c1)C(=O)Oc1c(-c2ccc(F)cc2)c2ccccc2c(=O)n1C. The van der Waals surface area contributed by atoms with Crippen LogP contribution in [0.5, 0.6) is 5.88 Å². The molecule has 0 aliphatic heterocycles. The molecular weight excluding hydrogens is 533 g/mol. The standard InChI is InChI=1S/C27H19F7N2O3/c1-35(14-15-11-17(26(29,30)31)13-18(12-15)27(32,33)34)25(38)39-24-22(16-7-9-19(28)10-8-16)20-5-3-4-6-21(20)23(37)36(24)2/h3-13H,14H2,1-2H3. The summed E-state index contributed by atoms with van der Waals surface area (Å²) in [5.41, 5.74) is -3.37. The highest BCUT2D eigenvalue weighted by Gasteiger charge is 2.37. The normalized spacial score (nSPS) is 12.0. The third-order valence-electron chi connectivity index (χ3n) is 5.95. The topological polar surface area (TPSA) is 51.5 Å². The van der Waals surface area contributed by atoms with Crippen molar-refractivity contribution in [1.29, 1.82) is 0 Å². The number of hydrogen-bond donors (Lipinski definition) is 0. The molecule has 0 atom stereocenters. The molecule has 0 aliphatic carbocycles. The Bertz CT molecular complexity index is 1580. The minimum atomic E-state index is -5.05. The van der Waals surface area contributed by atoms with Crippen molar-refractivity contribution in [2.45, 2.75) is 18.9 Å². The van der Waals surface area contributed by atoms with Crippen LogP contribution in [0.4, 0.5) is 35.5 Å². The summed E-state index contributed by atoms with van der Waals surface area (Å²) in [6, 6.07) is 12.6. The van der Waals surface area contributed by atoms with Gasteiger partial charge in [0.1, 0.15) is 5.82 Å². The maximum atomic E-state index is 13.6. The Hall–Kier alpha value is -4.35. The number of hydrogen-bond acceptors (Lipinski definition) is 3. The van der Waals surface area contributed by atoms with Gasteiger partial charge in [-0.15, -0.1) is 0 Å². The summed E-state index contributed by atoms with van der Waals surface area (Å²) in [5, 5.41) is 0.654. The summed E-state index contributed by atoms with van der Waals surface area (Å²) < 4.78 is 99.5. The first-order valence-corrected chi connectivity index (χ1v) is 11.3. The molecule has 4 rings (SSSR count). The molecular formula is C27H19F7N2O3. The maximum absolute atomic E-state index is 13.6. The van der Waals surface area contributed by atoms with Crippen LogP contribution in [0.15, 0.2) is 71.5 Å². The number of aromatic nitrogens is 1. The Balaban J connectivity index is 1.74. The molecule has 0 radical (unpaired) electrons. The Morgan fingerprint density at radius 1 is 0.872 bits per heavy atom. The van der Waals surface area contributed by atoms with Crippen molar-refractivity contribution in [2.24, 2.45) is 7.05 Å². The highest BCUT2D eigenvalue weighted by atomic mass is 19.4. The first-order valence-electron chi connectivity index (χ1n) is 11.3. The lowest BCUT2D eigenvalue weighted by Crippen LogP contribution is -2.32. The van der Waals surface area contributed by atoms with Gasteiger partial charge >= 0.3 is 18.4 Å². The fourth-order valence-electron chi connectivity index (χ4n) is 4.07. The van der Waals surface area contributed by atoms with E-state index in [1.54, 1.807) is 24.3 Å². The summed E-state index contributed by atoms with van der Waals surface area (Å²) in [4.78, 5) is 26.7. The summed E-state index contributed by atoms with van der Waals surface area (Å²) in [6.07, 6.45) is -11.3. The summed E-state index contributed by atoms with van der Waals surface area (Å²) in [7, 11) is 2.44. The van der Waals surface area contributed by atoms with E-state index in [-0.39, 0.29) is 22.9 Å². The zero-order valence-corrected chi connectivity index (χ0v) is 20.3. The van der Waals surface area contributed by atoms with E-state index in [1.807, 2.05) is 0 Å². The smallest absolute Gasteiger partial charge is 0.392 e. The average molecular weight is 552 g/mol. The molecule has 1 aromatic heterocycles. The number of carbonyl (C=O) groups is 1. The molecule has 0 saturated carbocycles. The second kappa shape index (κ2) is 10.1. The predicted molar refractivity (Wildman–Crippen MR) is 129 cm³/mol. The van der Waals surface area contributed by atoms with Gasteiger partial charge in [0.25, 0.3) is 5.56 Å². The van der Waals surface area contributed by atoms with Gasteiger partial charge in [0.15, 0.2) is 0 Å². The number of amides is 1. The molecule has 4 aromatic rings. The van der Waals surface area contributed by atoms with E-state index >= 15 is 0 Å². The molecule has 0 bridgehead atoms. The molecule has 0 saturated heterocycles. The number of fused-ring (bicyclic) bond motifs is 1. The van der Waals surface area contributed by atoms with E-state index in [0.717, 1.165) is 16.5 Å². The number of alkyl halides is 6. The fourth-order valence-corrected chi connectivity index (χ4v) is 4.07. The number of nitrogens with zero attached hydrogens (tertiary/aromatic N) is 2. The minimum Gasteiger partial charge on any atom is -0.392 e. The van der Waals surface area contributed by atoms with Crippen LogP contribution in [-0.2, 0) is 25.9 Å². The number of carbonyl (C=O) groups excluding carboxylic acids is 1. The lowest BCUT2D eigenvalue weighted by molar-refractivity contribution is -0.143. The summed E-state index contributed by atoms with van der Waals surface area (Å²) >= 11 is 0. The number of ether oxygens (including phenoxy) is 1. The van der Waals surface area contributed by atoms with Crippen LogP contribution in [0.1, 0.15) is 16.7 Å². The Morgan fingerprint density at radius 2 is 1.41 bits per heavy atom. The predicted octanol–water partition coefficient (Wildman–Crippen LogP) is 7.01. The highest BCUT2D eigenvalue weighted by molar-refractivity contribution is 5.99. The Labute approximate surface area is 216 Å². The maximum Gasteiger partial charge on any atom is 0.416 e. The highest BCUT2D eigenvalue weighted by Crippen LogP contribution is 2.38. The van der Waals surface area contributed by atoms with Gasteiger partial charge in [-0.1, -0.05) is 30.3 Å². The molecule has 204 valence electrons. The van der Waals surface area contributed by atoms with E-state index in [1.165, 1.54) is 31.3 Å². The van der Waals surface area contributed by atoms with Gasteiger partial charge in [-0.25, -0.2) is 9.18 Å². The van der Waals surface area contributed by atoms with Crippen LogP contribution < -0.4 is 10.3 Å². The van der Waals surface area contributed by atoms with Crippen molar-refractivity contribution in [2.75, 3.05) is 7.05 Å². The van der Waals surface area contributed by atoms with Crippen LogP contribution >= 0.6 is 0 Å². The monoisotopic (exact) mass is 552 g/mol. The minimum absolute atomic E-state index is 0.0123. The van der Waals surface area contributed by atoms with E-state index in [0.29, 0.717) is 23.1 Å². The first kappa shape index (κ1) is 27.7. The molecule has 0 N–H and O–H groups in total. The van der Waals surface area contributed by atoms with Crippen LogP contribution in [0, 0.1) is 5.82 Å². The molecule has 0 fully saturated rings. The van der Waals surface area contributed by atoms with E-state index < -0.39 is 53.1 Å². The fraction of sp³-hybridized carbons (Fsp3) is 0.185. The summed E-state index contributed by atoms with van der Waals surface area (Å²) in [5.74, 6) is -0.785. The van der Waals surface area contributed by atoms with Crippen molar-refractivity contribution < 1.29 is 40.3 Å². The Kier molecular flexibility index (Phi) is 7.15. The van der Waals surface area contributed by atoms with E-state index in [4.69, 9.17) is 4.74 Å². The number of rotatable bonds is 4. The molecule has 1 heterocycles. The lowest BCUT2D eigenvalue weighted by atomic mass is 10.00. The Morgan fingerprint density at radius 3 is 1.95 bits per heavy atom. The first-order chi connectivity index (χ1) is 18.2. The largest absolute Gasteiger partial charge is 0.416 e. The molecule has 1 amide bonds. The third-order valence-corrected chi connectivity index (χ3v) is 5.95. The van der Waals surface area contributed by atoms with Gasteiger partial charge in [0, 0.05) is 31.4 Å². The van der Waals surface area contributed by atoms with Crippen LogP contribution in [0.3, 0.4) is 0 Å². The van der Waals surface area contributed by atoms with E-state index in [2.05, 4.69) is 0 Å². The van der Waals surface area contributed by atoms with Crippen molar-refractivity contribution in [3.63, 3.8) is 0 Å². The average Bonchev–Trinajstić information content (AvgIpc) is 2.86. The third kappa shape index (κ3) is 5.74. The van der Waals surface area contributed by atoms with Crippen molar-refractivity contribution in [1.82, 2.24) is 9.47 Å². The van der Waals surface area contributed by atoms with Gasteiger partial charge in [-0.3, -0.25) is 9.36 Å². The van der Waals surface area contributed by atoms with Crippen LogP contribution in [-0.4, -0.2) is 22.6 Å². The van der Waals surface area contributed by atoms with Gasteiger partial charge in [0.05, 0.1) is 16.7 Å². The second-order valence-corrected chi connectivity index (χ2v) is 8.73. The van der Waals surface area contributed by atoms with Gasteiger partial charge < -0.3 is 9.64 Å². The number of halogens is 7. The van der Waals surface area contributed by atoms with E-state index in [9.17, 15) is 40.3 Å². The molecule has 0 aliphatic rings. The number of benzene rings is 3. The zero-order chi connectivity index (χ0) is 28.7. The molecule has 12 heteroatoms. The molecule has 0 unspecified atom stereocenters. The number of pyridine rings is 1. The molecule has 39 heavy (non-hydrogen) atoms. The van der Waals surface area contributed by atoms with Gasteiger partial charge in [-0.2, -0.15) is 26.3 Å². The second-order valence-electron chi connectivity index (χ2n) is 8.73. The van der Waals surface area contributed by atoms with Crippen molar-refractivity contribution >= 4 is 16.9 Å². The quantitative estimate of drug-likeness (QED) is 0.256. The molecule has 5 nitrogen and oxygen atoms in total. The molecule has 3 aromatic carbocycles. The lowest BCUT2D eigenvalue weighted by Gasteiger charge is -2.22. The zero-order valence-electron chi connectivity index (χ0n) is 20.3. The van der Waals surface area contributed by atoms with Gasteiger partial charge in [-0.05, 0) is 47.5 Å². The van der Waals surface area contributed by atoms with Gasteiger partial charge in [0.2, 0.25) is 5.88 Å². The van der Waals surface area contributed by atoms with Crippen molar-refractivity contribution in [3.8, 4) is 17.0 Å².